The number of hydrazine groups is 1. The first kappa shape index (κ1) is 14.9. The molecule has 0 spiro atoms. The molecule has 0 aromatic heterocycles. The standard InChI is InChI=1S/C14H23FN2O/c1-3-4-5-6-7-13(17-16)12-10-11(15)8-9-14(12)18-2/h8-10,13,17H,3-7,16H2,1-2H3. The van der Waals surface area contributed by atoms with Gasteiger partial charge in [-0.25, -0.2) is 4.39 Å². The Balaban J connectivity index is 2.71. The molecule has 3 N–H and O–H groups in total. The van der Waals surface area contributed by atoms with Crippen molar-refractivity contribution in [1.82, 2.24) is 5.43 Å². The molecule has 0 saturated heterocycles. The van der Waals surface area contributed by atoms with Gasteiger partial charge in [-0.15, -0.1) is 0 Å². The van der Waals surface area contributed by atoms with Crippen molar-refractivity contribution in [3.63, 3.8) is 0 Å². The van der Waals surface area contributed by atoms with Crippen molar-refractivity contribution in [1.29, 1.82) is 0 Å². The van der Waals surface area contributed by atoms with Gasteiger partial charge in [-0.05, 0) is 24.6 Å². The monoisotopic (exact) mass is 254 g/mol. The number of nitrogens with one attached hydrogen (secondary N) is 1. The van der Waals surface area contributed by atoms with Crippen molar-refractivity contribution < 1.29 is 9.13 Å². The molecule has 0 amide bonds. The Morgan fingerprint density at radius 3 is 2.72 bits per heavy atom. The van der Waals surface area contributed by atoms with E-state index in [4.69, 9.17) is 10.6 Å². The molecule has 3 nitrogen and oxygen atoms in total. The molecule has 1 aromatic carbocycles. The Morgan fingerprint density at radius 2 is 2.11 bits per heavy atom. The van der Waals surface area contributed by atoms with E-state index >= 15 is 0 Å². The maximum Gasteiger partial charge on any atom is 0.123 e. The van der Waals surface area contributed by atoms with Crippen LogP contribution in [0, 0.1) is 5.82 Å². The average Bonchev–Trinajstić information content (AvgIpc) is 2.39. The van der Waals surface area contributed by atoms with Gasteiger partial charge in [0.05, 0.1) is 7.11 Å². The van der Waals surface area contributed by atoms with E-state index in [1.807, 2.05) is 0 Å². The Morgan fingerprint density at radius 1 is 1.33 bits per heavy atom. The van der Waals surface area contributed by atoms with Crippen molar-refractivity contribution in [2.45, 2.75) is 45.1 Å². The van der Waals surface area contributed by atoms with Crippen LogP contribution in [0.2, 0.25) is 0 Å². The summed E-state index contributed by atoms with van der Waals surface area (Å²) in [6, 6.07) is 4.46. The molecular weight excluding hydrogens is 231 g/mol. The molecule has 0 fully saturated rings. The fraction of sp³-hybridized carbons (Fsp3) is 0.571. The van der Waals surface area contributed by atoms with Gasteiger partial charge in [0.25, 0.3) is 0 Å². The highest BCUT2D eigenvalue weighted by Gasteiger charge is 2.15. The minimum absolute atomic E-state index is 0.0625. The smallest absolute Gasteiger partial charge is 0.123 e. The van der Waals surface area contributed by atoms with E-state index < -0.39 is 0 Å². The minimum Gasteiger partial charge on any atom is -0.496 e. The van der Waals surface area contributed by atoms with Crippen LogP contribution in [0.25, 0.3) is 0 Å². The van der Waals surface area contributed by atoms with E-state index in [-0.39, 0.29) is 11.9 Å². The molecule has 0 aliphatic carbocycles. The molecule has 0 saturated carbocycles. The summed E-state index contributed by atoms with van der Waals surface area (Å²) in [4.78, 5) is 0. The number of ether oxygens (including phenoxy) is 1. The maximum atomic E-state index is 13.3. The van der Waals surface area contributed by atoms with Gasteiger partial charge in [-0.1, -0.05) is 32.6 Å². The highest BCUT2D eigenvalue weighted by molar-refractivity contribution is 5.36. The number of halogens is 1. The Kier molecular flexibility index (Phi) is 6.68. The normalized spacial score (nSPS) is 12.4. The van der Waals surface area contributed by atoms with Gasteiger partial charge < -0.3 is 4.74 Å². The highest BCUT2D eigenvalue weighted by Crippen LogP contribution is 2.29. The Labute approximate surface area is 108 Å². The van der Waals surface area contributed by atoms with Gasteiger partial charge in [0, 0.05) is 11.6 Å². The number of benzene rings is 1. The van der Waals surface area contributed by atoms with Crippen LogP contribution in [-0.4, -0.2) is 7.11 Å². The van der Waals surface area contributed by atoms with Gasteiger partial charge >= 0.3 is 0 Å². The Hall–Kier alpha value is -1.13. The first-order valence-corrected chi connectivity index (χ1v) is 6.52. The van der Waals surface area contributed by atoms with Crippen LogP contribution >= 0.6 is 0 Å². The predicted molar refractivity (Wildman–Crippen MR) is 71.8 cm³/mol. The number of rotatable bonds is 8. The number of hydrogen-bond donors (Lipinski definition) is 2. The summed E-state index contributed by atoms with van der Waals surface area (Å²) in [5, 5.41) is 0. The second-order valence-corrected chi connectivity index (χ2v) is 4.45. The summed E-state index contributed by atoms with van der Waals surface area (Å²) in [7, 11) is 1.58. The zero-order valence-electron chi connectivity index (χ0n) is 11.2. The topological polar surface area (TPSA) is 47.3 Å². The van der Waals surface area contributed by atoms with Crippen LogP contribution in [-0.2, 0) is 0 Å². The van der Waals surface area contributed by atoms with Crippen LogP contribution in [0.1, 0.15) is 50.6 Å². The van der Waals surface area contributed by atoms with E-state index in [0.29, 0.717) is 5.75 Å². The zero-order chi connectivity index (χ0) is 13.4. The fourth-order valence-corrected chi connectivity index (χ4v) is 2.08. The molecule has 1 unspecified atom stereocenters. The molecule has 0 bridgehead atoms. The van der Waals surface area contributed by atoms with Crippen molar-refractivity contribution >= 4 is 0 Å². The number of nitrogens with two attached hydrogens (primary N) is 1. The van der Waals surface area contributed by atoms with Crippen molar-refractivity contribution in [2.75, 3.05) is 7.11 Å². The third-order valence-electron chi connectivity index (χ3n) is 3.11. The molecule has 1 rings (SSSR count). The molecule has 0 radical (unpaired) electrons. The minimum atomic E-state index is -0.264. The molecule has 1 aromatic rings. The van der Waals surface area contributed by atoms with E-state index in [1.165, 1.54) is 31.4 Å². The number of methoxy groups -OCH3 is 1. The Bertz CT molecular complexity index is 358. The second kappa shape index (κ2) is 8.06. The van der Waals surface area contributed by atoms with Crippen LogP contribution in [0.5, 0.6) is 5.75 Å². The van der Waals surface area contributed by atoms with Crippen molar-refractivity contribution in [2.24, 2.45) is 5.84 Å². The molecule has 102 valence electrons. The molecular formula is C14H23FN2O. The summed E-state index contributed by atoms with van der Waals surface area (Å²) in [5.41, 5.74) is 3.54. The first-order chi connectivity index (χ1) is 8.72. The van der Waals surface area contributed by atoms with Crippen molar-refractivity contribution in [3.05, 3.63) is 29.6 Å². The van der Waals surface area contributed by atoms with Crippen LogP contribution in [0.4, 0.5) is 4.39 Å². The average molecular weight is 254 g/mol. The fourth-order valence-electron chi connectivity index (χ4n) is 2.08. The van der Waals surface area contributed by atoms with Gasteiger partial charge in [0.2, 0.25) is 0 Å². The third-order valence-corrected chi connectivity index (χ3v) is 3.11. The van der Waals surface area contributed by atoms with E-state index in [9.17, 15) is 4.39 Å². The van der Waals surface area contributed by atoms with Crippen LogP contribution in [0.3, 0.4) is 0 Å². The summed E-state index contributed by atoms with van der Waals surface area (Å²) in [6.07, 6.45) is 5.55. The largest absolute Gasteiger partial charge is 0.496 e. The zero-order valence-corrected chi connectivity index (χ0v) is 11.2. The van der Waals surface area contributed by atoms with Crippen LogP contribution < -0.4 is 16.0 Å². The highest BCUT2D eigenvalue weighted by atomic mass is 19.1. The molecule has 1 atom stereocenters. The van der Waals surface area contributed by atoms with Gasteiger partial charge in [-0.2, -0.15) is 0 Å². The lowest BCUT2D eigenvalue weighted by molar-refractivity contribution is 0.391. The predicted octanol–water partition coefficient (Wildman–Crippen LogP) is 3.31. The maximum absolute atomic E-state index is 13.3. The van der Waals surface area contributed by atoms with E-state index in [0.717, 1.165) is 18.4 Å². The van der Waals surface area contributed by atoms with E-state index in [1.54, 1.807) is 13.2 Å². The summed E-state index contributed by atoms with van der Waals surface area (Å²) in [5.74, 6) is 5.98. The lowest BCUT2D eigenvalue weighted by atomic mass is 9.99. The summed E-state index contributed by atoms with van der Waals surface area (Å²) in [6.45, 7) is 2.17. The molecule has 0 aliphatic rings. The van der Waals surface area contributed by atoms with Crippen molar-refractivity contribution in [3.8, 4) is 5.75 Å². The summed E-state index contributed by atoms with van der Waals surface area (Å²) >= 11 is 0. The van der Waals surface area contributed by atoms with E-state index in [2.05, 4.69) is 12.3 Å². The lowest BCUT2D eigenvalue weighted by Crippen LogP contribution is -2.28. The van der Waals surface area contributed by atoms with Crippen LogP contribution in [0.15, 0.2) is 18.2 Å². The second-order valence-electron chi connectivity index (χ2n) is 4.45. The number of hydrogen-bond acceptors (Lipinski definition) is 3. The molecule has 18 heavy (non-hydrogen) atoms. The molecule has 0 heterocycles. The third kappa shape index (κ3) is 4.27. The molecule has 0 aliphatic heterocycles. The summed E-state index contributed by atoms with van der Waals surface area (Å²) < 4.78 is 18.5. The molecule has 4 heteroatoms. The van der Waals surface area contributed by atoms with Gasteiger partial charge in [0.15, 0.2) is 0 Å². The first-order valence-electron chi connectivity index (χ1n) is 6.52. The van der Waals surface area contributed by atoms with Gasteiger partial charge in [-0.3, -0.25) is 11.3 Å². The van der Waals surface area contributed by atoms with Gasteiger partial charge in [0.1, 0.15) is 11.6 Å². The quantitative estimate of drug-likeness (QED) is 0.425. The SMILES string of the molecule is CCCCCCC(NN)c1cc(F)ccc1OC. The lowest BCUT2D eigenvalue weighted by Gasteiger charge is -2.19. The number of unbranched alkanes of at least 4 members (excludes halogenated alkanes) is 3.